The average Bonchev–Trinajstić information content (AvgIpc) is 2.45. The van der Waals surface area contributed by atoms with Gasteiger partial charge in [-0.15, -0.1) is 0 Å². The van der Waals surface area contributed by atoms with E-state index in [1.807, 2.05) is 24.3 Å². The van der Waals surface area contributed by atoms with Gasteiger partial charge in [0.05, 0.1) is 12.5 Å². The Kier molecular flexibility index (Phi) is 6.62. The molecule has 0 radical (unpaired) electrons. The summed E-state index contributed by atoms with van der Waals surface area (Å²) in [5.41, 5.74) is 0.707. The number of carbonyl (C=O) groups is 2. The number of benzene rings is 1. The van der Waals surface area contributed by atoms with Crippen molar-refractivity contribution in [2.24, 2.45) is 0 Å². The van der Waals surface area contributed by atoms with Crippen molar-refractivity contribution < 1.29 is 14.7 Å². The number of nitriles is 1. The predicted molar refractivity (Wildman–Crippen MR) is 74.3 cm³/mol. The van der Waals surface area contributed by atoms with Gasteiger partial charge >= 0.3 is 12.0 Å². The zero-order valence-corrected chi connectivity index (χ0v) is 11.1. The smallest absolute Gasteiger partial charge is 0.321 e. The van der Waals surface area contributed by atoms with E-state index in [4.69, 9.17) is 10.4 Å². The number of hydrogen-bond acceptors (Lipinski definition) is 3. The van der Waals surface area contributed by atoms with Crippen LogP contribution in [0.1, 0.15) is 19.3 Å². The number of aliphatic carboxylic acids is 1. The van der Waals surface area contributed by atoms with Crippen molar-refractivity contribution in [3.63, 3.8) is 0 Å². The zero-order chi connectivity index (χ0) is 14.8. The standard InChI is InChI=1S/C14H17N3O3/c15-9-5-11-17(12-6-2-1-3-7-12)14(20)16-10-4-8-13(18)19/h1-3,6-7H,4-5,8,10-11H2,(H,16,20)(H,18,19). The fourth-order valence-electron chi connectivity index (χ4n) is 1.65. The van der Waals surface area contributed by atoms with Crippen LogP contribution in [0.15, 0.2) is 30.3 Å². The van der Waals surface area contributed by atoms with Gasteiger partial charge in [0, 0.05) is 25.2 Å². The molecule has 2 N–H and O–H groups in total. The molecule has 6 heteroatoms. The molecule has 0 aliphatic heterocycles. The van der Waals surface area contributed by atoms with E-state index in [-0.39, 0.29) is 18.9 Å². The first kappa shape index (κ1) is 15.5. The molecular weight excluding hydrogens is 258 g/mol. The second kappa shape index (κ2) is 8.53. The summed E-state index contributed by atoms with van der Waals surface area (Å²) in [6, 6.07) is 10.7. The molecule has 0 aliphatic carbocycles. The molecule has 6 nitrogen and oxygen atoms in total. The van der Waals surface area contributed by atoms with Gasteiger partial charge in [0.2, 0.25) is 0 Å². The molecule has 1 aromatic carbocycles. The average molecular weight is 275 g/mol. The van der Waals surface area contributed by atoms with E-state index in [0.717, 1.165) is 0 Å². The molecule has 0 unspecified atom stereocenters. The minimum absolute atomic E-state index is 0.0177. The van der Waals surface area contributed by atoms with Crippen LogP contribution in [0.2, 0.25) is 0 Å². The summed E-state index contributed by atoms with van der Waals surface area (Å²) in [6.07, 6.45) is 0.628. The lowest BCUT2D eigenvalue weighted by Gasteiger charge is -2.22. The molecular formula is C14H17N3O3. The number of amides is 2. The number of anilines is 1. The van der Waals surface area contributed by atoms with Crippen LogP contribution in [0, 0.1) is 11.3 Å². The lowest BCUT2D eigenvalue weighted by atomic mass is 10.2. The Labute approximate surface area is 117 Å². The molecule has 2 amide bonds. The van der Waals surface area contributed by atoms with Crippen LogP contribution in [0.3, 0.4) is 0 Å². The van der Waals surface area contributed by atoms with Crippen LogP contribution >= 0.6 is 0 Å². The van der Waals surface area contributed by atoms with Crippen LogP contribution in [0.4, 0.5) is 10.5 Å². The molecule has 106 valence electrons. The summed E-state index contributed by atoms with van der Waals surface area (Å²) in [7, 11) is 0. The number of carbonyl (C=O) groups excluding carboxylic acids is 1. The molecule has 0 aliphatic rings. The van der Waals surface area contributed by atoms with Gasteiger partial charge in [0.1, 0.15) is 0 Å². The second-order valence-corrected chi connectivity index (χ2v) is 4.12. The number of para-hydroxylation sites is 1. The Bertz CT molecular complexity index is 482. The van der Waals surface area contributed by atoms with Crippen LogP contribution in [-0.2, 0) is 4.79 Å². The topological polar surface area (TPSA) is 93.4 Å². The first-order valence-electron chi connectivity index (χ1n) is 6.34. The largest absolute Gasteiger partial charge is 0.481 e. The van der Waals surface area contributed by atoms with Crippen molar-refractivity contribution in [2.45, 2.75) is 19.3 Å². The Balaban J connectivity index is 2.57. The van der Waals surface area contributed by atoms with Crippen LogP contribution < -0.4 is 10.2 Å². The quantitative estimate of drug-likeness (QED) is 0.744. The highest BCUT2D eigenvalue weighted by Crippen LogP contribution is 2.13. The molecule has 0 bridgehead atoms. The maximum Gasteiger partial charge on any atom is 0.321 e. The molecule has 0 saturated carbocycles. The molecule has 1 aromatic rings. The molecule has 0 heterocycles. The first-order chi connectivity index (χ1) is 9.65. The van der Waals surface area contributed by atoms with Crippen LogP contribution in [0.25, 0.3) is 0 Å². The number of rotatable bonds is 7. The highest BCUT2D eigenvalue weighted by atomic mass is 16.4. The van der Waals surface area contributed by atoms with Gasteiger partial charge in [0.15, 0.2) is 0 Å². The van der Waals surface area contributed by atoms with E-state index >= 15 is 0 Å². The number of carboxylic acid groups (broad SMARTS) is 1. The van der Waals surface area contributed by atoms with Crippen LogP contribution in [-0.4, -0.2) is 30.2 Å². The normalized spacial score (nSPS) is 9.55. The third-order valence-electron chi connectivity index (χ3n) is 2.60. The van der Waals surface area contributed by atoms with Gasteiger partial charge in [-0.2, -0.15) is 5.26 Å². The van der Waals surface area contributed by atoms with Crippen molar-refractivity contribution in [3.8, 4) is 6.07 Å². The molecule has 20 heavy (non-hydrogen) atoms. The summed E-state index contributed by atoms with van der Waals surface area (Å²) < 4.78 is 0. The lowest BCUT2D eigenvalue weighted by Crippen LogP contribution is -2.41. The molecule has 0 saturated heterocycles. The second-order valence-electron chi connectivity index (χ2n) is 4.12. The number of nitrogens with one attached hydrogen (secondary N) is 1. The third-order valence-corrected chi connectivity index (χ3v) is 2.60. The van der Waals surface area contributed by atoms with Gasteiger partial charge < -0.3 is 10.4 Å². The minimum Gasteiger partial charge on any atom is -0.481 e. The summed E-state index contributed by atoms with van der Waals surface area (Å²) in [4.78, 5) is 23.9. The fraction of sp³-hybridized carbons (Fsp3) is 0.357. The monoisotopic (exact) mass is 275 g/mol. The van der Waals surface area contributed by atoms with Gasteiger partial charge in [-0.3, -0.25) is 9.69 Å². The highest BCUT2D eigenvalue weighted by Gasteiger charge is 2.14. The van der Waals surface area contributed by atoms with E-state index < -0.39 is 5.97 Å². The third kappa shape index (κ3) is 5.40. The number of nitrogens with zero attached hydrogens (tertiary/aromatic N) is 2. The van der Waals surface area contributed by atoms with Gasteiger partial charge in [-0.25, -0.2) is 4.79 Å². The number of carboxylic acids is 1. The SMILES string of the molecule is N#CCCN(C(=O)NCCCC(=O)O)c1ccccc1. The van der Waals surface area contributed by atoms with Gasteiger partial charge in [0.25, 0.3) is 0 Å². The van der Waals surface area contributed by atoms with Gasteiger partial charge in [-0.05, 0) is 18.6 Å². The highest BCUT2D eigenvalue weighted by molar-refractivity contribution is 5.91. The van der Waals surface area contributed by atoms with Crippen molar-refractivity contribution >= 4 is 17.7 Å². The Morgan fingerprint density at radius 3 is 2.60 bits per heavy atom. The molecule has 0 aromatic heterocycles. The van der Waals surface area contributed by atoms with Crippen molar-refractivity contribution in [1.29, 1.82) is 5.26 Å². The zero-order valence-electron chi connectivity index (χ0n) is 11.1. The van der Waals surface area contributed by atoms with Crippen LogP contribution in [0.5, 0.6) is 0 Å². The van der Waals surface area contributed by atoms with Crippen molar-refractivity contribution in [3.05, 3.63) is 30.3 Å². The Hall–Kier alpha value is -2.55. The van der Waals surface area contributed by atoms with E-state index in [1.165, 1.54) is 4.90 Å². The molecule has 1 rings (SSSR count). The summed E-state index contributed by atoms with van der Waals surface area (Å²) >= 11 is 0. The Morgan fingerprint density at radius 2 is 2.00 bits per heavy atom. The van der Waals surface area contributed by atoms with Crippen molar-refractivity contribution in [1.82, 2.24) is 5.32 Å². The Morgan fingerprint density at radius 1 is 1.30 bits per heavy atom. The lowest BCUT2D eigenvalue weighted by molar-refractivity contribution is -0.137. The van der Waals surface area contributed by atoms with Gasteiger partial charge in [-0.1, -0.05) is 18.2 Å². The predicted octanol–water partition coefficient (Wildman–Crippen LogP) is 1.98. The summed E-state index contributed by atoms with van der Waals surface area (Å²) in [5.74, 6) is -0.886. The van der Waals surface area contributed by atoms with E-state index in [9.17, 15) is 9.59 Å². The van der Waals surface area contributed by atoms with E-state index in [0.29, 0.717) is 25.2 Å². The molecule has 0 fully saturated rings. The van der Waals surface area contributed by atoms with Crippen molar-refractivity contribution in [2.75, 3.05) is 18.0 Å². The first-order valence-corrected chi connectivity index (χ1v) is 6.34. The molecule has 0 atom stereocenters. The fourth-order valence-corrected chi connectivity index (χ4v) is 1.65. The maximum absolute atomic E-state index is 12.1. The maximum atomic E-state index is 12.1. The van der Waals surface area contributed by atoms with E-state index in [1.54, 1.807) is 12.1 Å². The number of hydrogen-bond donors (Lipinski definition) is 2. The summed E-state index contributed by atoms with van der Waals surface area (Å²) in [5, 5.41) is 19.8. The number of urea groups is 1. The minimum atomic E-state index is -0.886. The summed E-state index contributed by atoms with van der Waals surface area (Å²) in [6.45, 7) is 0.590. The van der Waals surface area contributed by atoms with E-state index in [2.05, 4.69) is 5.32 Å². The molecule has 0 spiro atoms.